The molecule has 0 aromatic heterocycles. The van der Waals surface area contributed by atoms with E-state index in [1.807, 2.05) is 0 Å². The number of nitrogen functional groups attached to an aromatic ring is 1. The molecular formula is C11H12F3NO2. The van der Waals surface area contributed by atoms with Gasteiger partial charge in [0, 0.05) is 6.42 Å². The van der Waals surface area contributed by atoms with Crippen LogP contribution in [0.4, 0.5) is 18.9 Å². The topological polar surface area (TPSA) is 44.5 Å². The molecule has 1 aliphatic heterocycles. The Morgan fingerprint density at radius 3 is 2.71 bits per heavy atom. The molecule has 0 spiro atoms. The van der Waals surface area contributed by atoms with E-state index in [-0.39, 0.29) is 17.5 Å². The fraction of sp³-hybridized carbons (Fsp3) is 0.455. The van der Waals surface area contributed by atoms with Crippen molar-refractivity contribution in [2.75, 3.05) is 18.9 Å². The van der Waals surface area contributed by atoms with Crippen molar-refractivity contribution in [3.63, 3.8) is 0 Å². The monoisotopic (exact) mass is 247 g/mol. The maximum Gasteiger partial charge on any atom is 0.416 e. The summed E-state index contributed by atoms with van der Waals surface area (Å²) in [5, 5.41) is 0. The normalized spacial score (nSPS) is 20.5. The Labute approximate surface area is 96.3 Å². The summed E-state index contributed by atoms with van der Waals surface area (Å²) in [5.74, 6) is 0.0651. The van der Waals surface area contributed by atoms with Crippen LogP contribution >= 0.6 is 0 Å². The minimum atomic E-state index is -4.39. The number of halogens is 3. The fourth-order valence-corrected chi connectivity index (χ4v) is 1.60. The summed E-state index contributed by atoms with van der Waals surface area (Å²) in [6.07, 6.45) is -3.95. The Hall–Kier alpha value is -1.43. The Balaban J connectivity index is 2.20. The third-order valence-corrected chi connectivity index (χ3v) is 2.52. The Kier molecular flexibility index (Phi) is 3.15. The number of ether oxygens (including phenoxy) is 2. The first-order chi connectivity index (χ1) is 7.97. The molecule has 0 aliphatic carbocycles. The van der Waals surface area contributed by atoms with Crippen LogP contribution in [0.3, 0.4) is 0 Å². The van der Waals surface area contributed by atoms with Gasteiger partial charge in [0.1, 0.15) is 11.9 Å². The molecule has 1 fully saturated rings. The Morgan fingerprint density at radius 1 is 1.35 bits per heavy atom. The molecule has 0 amide bonds. The van der Waals surface area contributed by atoms with Gasteiger partial charge in [0.05, 0.1) is 24.5 Å². The molecule has 3 nitrogen and oxygen atoms in total. The maximum absolute atomic E-state index is 12.5. The molecule has 1 saturated heterocycles. The van der Waals surface area contributed by atoms with Gasteiger partial charge in [0.15, 0.2) is 0 Å². The molecule has 0 radical (unpaired) electrons. The van der Waals surface area contributed by atoms with Gasteiger partial charge in [-0.25, -0.2) is 0 Å². The Bertz CT molecular complexity index is 400. The average Bonchev–Trinajstić information content (AvgIpc) is 2.72. The second kappa shape index (κ2) is 4.44. The summed E-state index contributed by atoms with van der Waals surface area (Å²) in [5.41, 5.74) is 5.01. The molecule has 2 N–H and O–H groups in total. The van der Waals surface area contributed by atoms with Gasteiger partial charge in [0.2, 0.25) is 0 Å². The van der Waals surface area contributed by atoms with E-state index in [4.69, 9.17) is 15.2 Å². The van der Waals surface area contributed by atoms with Crippen molar-refractivity contribution in [3.05, 3.63) is 23.8 Å². The van der Waals surface area contributed by atoms with Crippen LogP contribution in [0.2, 0.25) is 0 Å². The number of nitrogens with two attached hydrogens (primary N) is 1. The first kappa shape index (κ1) is 12.0. The molecule has 0 saturated carbocycles. The van der Waals surface area contributed by atoms with Crippen LogP contribution in [-0.2, 0) is 10.9 Å². The van der Waals surface area contributed by atoms with Crippen molar-refractivity contribution in [2.45, 2.75) is 18.7 Å². The van der Waals surface area contributed by atoms with Crippen molar-refractivity contribution in [3.8, 4) is 5.75 Å². The second-order valence-corrected chi connectivity index (χ2v) is 3.85. The number of alkyl halides is 3. The molecule has 6 heteroatoms. The summed E-state index contributed by atoms with van der Waals surface area (Å²) in [6.45, 7) is 0.944. The van der Waals surface area contributed by atoms with Crippen LogP contribution in [-0.4, -0.2) is 19.3 Å². The average molecular weight is 247 g/mol. The van der Waals surface area contributed by atoms with Crippen molar-refractivity contribution in [1.29, 1.82) is 0 Å². The summed E-state index contributed by atoms with van der Waals surface area (Å²) in [4.78, 5) is 0. The predicted molar refractivity (Wildman–Crippen MR) is 55.7 cm³/mol. The van der Waals surface area contributed by atoms with E-state index in [0.29, 0.717) is 19.6 Å². The number of hydrogen-bond acceptors (Lipinski definition) is 3. The number of hydrogen-bond donors (Lipinski definition) is 1. The van der Waals surface area contributed by atoms with E-state index < -0.39 is 11.7 Å². The zero-order chi connectivity index (χ0) is 12.5. The lowest BCUT2D eigenvalue weighted by atomic mass is 10.2. The smallest absolute Gasteiger partial charge is 0.416 e. The van der Waals surface area contributed by atoms with Gasteiger partial charge < -0.3 is 15.2 Å². The zero-order valence-electron chi connectivity index (χ0n) is 8.96. The van der Waals surface area contributed by atoms with Crippen LogP contribution in [0.1, 0.15) is 12.0 Å². The highest BCUT2D eigenvalue weighted by Crippen LogP contribution is 2.34. The van der Waals surface area contributed by atoms with E-state index in [9.17, 15) is 13.2 Å². The van der Waals surface area contributed by atoms with Crippen LogP contribution in [0.25, 0.3) is 0 Å². The molecule has 2 rings (SSSR count). The number of benzene rings is 1. The summed E-state index contributed by atoms with van der Waals surface area (Å²) in [7, 11) is 0. The lowest BCUT2D eigenvalue weighted by molar-refractivity contribution is -0.137. The summed E-state index contributed by atoms with van der Waals surface area (Å²) in [6, 6.07) is 3.06. The molecule has 0 bridgehead atoms. The SMILES string of the molecule is Nc1ccc(C(F)(F)F)cc1OC1CCOC1. The van der Waals surface area contributed by atoms with Gasteiger partial charge in [-0.2, -0.15) is 13.2 Å². The van der Waals surface area contributed by atoms with E-state index in [2.05, 4.69) is 0 Å². The molecule has 1 atom stereocenters. The van der Waals surface area contributed by atoms with Gasteiger partial charge >= 0.3 is 6.18 Å². The molecule has 1 aromatic carbocycles. The standard InChI is InChI=1S/C11H12F3NO2/c12-11(13,14)7-1-2-9(15)10(5-7)17-8-3-4-16-6-8/h1-2,5,8H,3-4,6,15H2. The third kappa shape index (κ3) is 2.82. The predicted octanol–water partition coefficient (Wildman–Crippen LogP) is 2.46. The molecule has 17 heavy (non-hydrogen) atoms. The maximum atomic E-state index is 12.5. The fourth-order valence-electron chi connectivity index (χ4n) is 1.60. The quantitative estimate of drug-likeness (QED) is 0.816. The molecule has 1 heterocycles. The van der Waals surface area contributed by atoms with Crippen molar-refractivity contribution in [2.24, 2.45) is 0 Å². The lowest BCUT2D eigenvalue weighted by Gasteiger charge is -2.15. The van der Waals surface area contributed by atoms with Crippen LogP contribution in [0.5, 0.6) is 5.75 Å². The van der Waals surface area contributed by atoms with Crippen molar-refractivity contribution in [1.82, 2.24) is 0 Å². The highest BCUT2D eigenvalue weighted by atomic mass is 19.4. The highest BCUT2D eigenvalue weighted by Gasteiger charge is 2.31. The largest absolute Gasteiger partial charge is 0.486 e. The molecule has 94 valence electrons. The van der Waals surface area contributed by atoms with E-state index >= 15 is 0 Å². The minimum Gasteiger partial charge on any atom is -0.486 e. The van der Waals surface area contributed by atoms with Crippen LogP contribution in [0, 0.1) is 0 Å². The molecular weight excluding hydrogens is 235 g/mol. The van der Waals surface area contributed by atoms with Gasteiger partial charge in [-0.3, -0.25) is 0 Å². The van der Waals surface area contributed by atoms with E-state index in [1.165, 1.54) is 6.07 Å². The van der Waals surface area contributed by atoms with Gasteiger partial charge in [0.25, 0.3) is 0 Å². The first-order valence-corrected chi connectivity index (χ1v) is 5.18. The van der Waals surface area contributed by atoms with Gasteiger partial charge in [-0.1, -0.05) is 0 Å². The second-order valence-electron chi connectivity index (χ2n) is 3.85. The Morgan fingerprint density at radius 2 is 2.12 bits per heavy atom. The molecule has 1 aliphatic rings. The van der Waals surface area contributed by atoms with Gasteiger partial charge in [-0.15, -0.1) is 0 Å². The van der Waals surface area contributed by atoms with E-state index in [0.717, 1.165) is 12.1 Å². The highest BCUT2D eigenvalue weighted by molar-refractivity contribution is 5.54. The number of anilines is 1. The number of rotatable bonds is 2. The van der Waals surface area contributed by atoms with Gasteiger partial charge in [-0.05, 0) is 18.2 Å². The van der Waals surface area contributed by atoms with Crippen molar-refractivity contribution >= 4 is 5.69 Å². The summed E-state index contributed by atoms with van der Waals surface area (Å²) >= 11 is 0. The lowest BCUT2D eigenvalue weighted by Crippen LogP contribution is -2.17. The van der Waals surface area contributed by atoms with Crippen LogP contribution in [0.15, 0.2) is 18.2 Å². The van der Waals surface area contributed by atoms with Crippen LogP contribution < -0.4 is 10.5 Å². The van der Waals surface area contributed by atoms with E-state index in [1.54, 1.807) is 0 Å². The first-order valence-electron chi connectivity index (χ1n) is 5.18. The third-order valence-electron chi connectivity index (χ3n) is 2.52. The molecule has 1 unspecified atom stereocenters. The summed E-state index contributed by atoms with van der Waals surface area (Å²) < 4.78 is 47.9. The minimum absolute atomic E-state index is 0.0651. The van der Waals surface area contributed by atoms with Crippen molar-refractivity contribution < 1.29 is 22.6 Å². The molecule has 1 aromatic rings. The zero-order valence-corrected chi connectivity index (χ0v) is 8.96.